The Balaban J connectivity index is 1.60. The molecule has 0 bridgehead atoms. The van der Waals surface area contributed by atoms with Crippen LogP contribution in [0.1, 0.15) is 19.3 Å². The van der Waals surface area contributed by atoms with Gasteiger partial charge in [-0.15, -0.1) is 11.8 Å². The van der Waals surface area contributed by atoms with Gasteiger partial charge in [-0.25, -0.2) is 0 Å². The summed E-state index contributed by atoms with van der Waals surface area (Å²) in [7, 11) is 5.45. The van der Waals surface area contributed by atoms with E-state index in [-0.39, 0.29) is 11.9 Å². The molecule has 1 fully saturated rings. The molecule has 1 aliphatic rings. The Kier molecular flexibility index (Phi) is 9.95. The number of guanidine groups is 1. The first-order valence-corrected chi connectivity index (χ1v) is 11.2. The molecule has 0 saturated carbocycles. The number of nitrogens with one attached hydrogen (secondary N) is 2. The van der Waals surface area contributed by atoms with Gasteiger partial charge in [0.15, 0.2) is 5.96 Å². The molecule has 0 spiro atoms. The van der Waals surface area contributed by atoms with Gasteiger partial charge in [-0.1, -0.05) is 11.6 Å². The van der Waals surface area contributed by atoms with E-state index in [9.17, 15) is 4.79 Å². The van der Waals surface area contributed by atoms with Crippen LogP contribution in [0.5, 0.6) is 0 Å². The molecule has 0 aliphatic carbocycles. The quantitative estimate of drug-likeness (QED) is 0.275. The lowest BCUT2D eigenvalue weighted by Crippen LogP contribution is -2.44. The van der Waals surface area contributed by atoms with Gasteiger partial charge in [-0.05, 0) is 50.1 Å². The standard InChI is InChI=1S/C20H32ClN5OS/c1-22-20(24-12-15-28-17-9-7-16(21)8-10-17)23-11-5-14-26-13-4-6-18(26)19(27)25(2)3/h7-10,18H,4-6,11-15H2,1-3H3,(H2,22,23,24). The summed E-state index contributed by atoms with van der Waals surface area (Å²) in [4.78, 5) is 21.7. The van der Waals surface area contributed by atoms with Gasteiger partial charge in [0, 0.05) is 56.4 Å². The third kappa shape index (κ3) is 7.53. The summed E-state index contributed by atoms with van der Waals surface area (Å²) < 4.78 is 0. The van der Waals surface area contributed by atoms with Crippen molar-refractivity contribution in [1.82, 2.24) is 20.4 Å². The lowest BCUT2D eigenvalue weighted by molar-refractivity contribution is -0.133. The van der Waals surface area contributed by atoms with Crippen LogP contribution in [0.4, 0.5) is 0 Å². The van der Waals surface area contributed by atoms with E-state index in [0.29, 0.717) is 0 Å². The van der Waals surface area contributed by atoms with Crippen molar-refractivity contribution in [3.63, 3.8) is 0 Å². The number of halogens is 1. The number of aliphatic imine (C=N–C) groups is 1. The van der Waals surface area contributed by atoms with Gasteiger partial charge in [-0.2, -0.15) is 0 Å². The van der Waals surface area contributed by atoms with Gasteiger partial charge in [0.05, 0.1) is 6.04 Å². The topological polar surface area (TPSA) is 60.0 Å². The highest BCUT2D eigenvalue weighted by Crippen LogP contribution is 2.20. The molecule has 0 aromatic heterocycles. The molecule has 1 atom stereocenters. The predicted octanol–water partition coefficient (Wildman–Crippen LogP) is 2.54. The fraction of sp³-hybridized carbons (Fsp3) is 0.600. The molecule has 1 aliphatic heterocycles. The average Bonchev–Trinajstić information content (AvgIpc) is 3.15. The molecule has 2 N–H and O–H groups in total. The first kappa shape index (κ1) is 22.8. The van der Waals surface area contributed by atoms with E-state index in [0.717, 1.165) is 62.2 Å². The normalized spacial score (nSPS) is 17.6. The van der Waals surface area contributed by atoms with Crippen molar-refractivity contribution in [2.45, 2.75) is 30.2 Å². The Morgan fingerprint density at radius 2 is 2.00 bits per heavy atom. The summed E-state index contributed by atoms with van der Waals surface area (Å²) in [6, 6.07) is 7.95. The van der Waals surface area contributed by atoms with Gasteiger partial charge in [0.1, 0.15) is 0 Å². The summed E-state index contributed by atoms with van der Waals surface area (Å²) in [6.45, 7) is 3.61. The maximum Gasteiger partial charge on any atom is 0.239 e. The molecule has 1 unspecified atom stereocenters. The Morgan fingerprint density at radius 1 is 1.29 bits per heavy atom. The van der Waals surface area contributed by atoms with Crippen molar-refractivity contribution >= 4 is 35.2 Å². The summed E-state index contributed by atoms with van der Waals surface area (Å²) in [5, 5.41) is 7.46. The predicted molar refractivity (Wildman–Crippen MR) is 119 cm³/mol. The van der Waals surface area contributed by atoms with E-state index in [2.05, 4.69) is 20.5 Å². The second kappa shape index (κ2) is 12.2. The summed E-state index contributed by atoms with van der Waals surface area (Å²) in [6.07, 6.45) is 3.06. The Labute approximate surface area is 178 Å². The average molecular weight is 426 g/mol. The number of likely N-dealkylation sites (N-methyl/N-ethyl adjacent to an activating group) is 1. The van der Waals surface area contributed by atoms with Crippen molar-refractivity contribution in [3.8, 4) is 0 Å². The number of amides is 1. The van der Waals surface area contributed by atoms with Crippen LogP contribution in [-0.2, 0) is 4.79 Å². The van der Waals surface area contributed by atoms with Crippen LogP contribution in [0.15, 0.2) is 34.2 Å². The minimum atomic E-state index is 0.0531. The number of rotatable bonds is 9. The highest BCUT2D eigenvalue weighted by Gasteiger charge is 2.30. The van der Waals surface area contributed by atoms with Gasteiger partial charge >= 0.3 is 0 Å². The summed E-state index contributed by atoms with van der Waals surface area (Å²) in [5.74, 6) is 1.99. The molecule has 8 heteroatoms. The summed E-state index contributed by atoms with van der Waals surface area (Å²) >= 11 is 7.69. The minimum Gasteiger partial charge on any atom is -0.356 e. The second-order valence-electron chi connectivity index (χ2n) is 7.01. The van der Waals surface area contributed by atoms with Crippen LogP contribution in [0.25, 0.3) is 0 Å². The van der Waals surface area contributed by atoms with Crippen LogP contribution in [-0.4, -0.2) is 80.8 Å². The molecule has 2 rings (SSSR count). The molecular weight excluding hydrogens is 394 g/mol. The first-order valence-electron chi connectivity index (χ1n) is 9.79. The zero-order valence-electron chi connectivity index (χ0n) is 17.1. The number of carbonyl (C=O) groups is 1. The number of thioether (sulfide) groups is 1. The van der Waals surface area contributed by atoms with Gasteiger partial charge in [0.2, 0.25) is 5.91 Å². The van der Waals surface area contributed by atoms with E-state index >= 15 is 0 Å². The third-order valence-corrected chi connectivity index (χ3v) is 5.97. The fourth-order valence-electron chi connectivity index (χ4n) is 3.25. The maximum atomic E-state index is 12.2. The zero-order valence-corrected chi connectivity index (χ0v) is 18.7. The number of carbonyl (C=O) groups excluding carboxylic acids is 1. The molecule has 28 heavy (non-hydrogen) atoms. The molecule has 6 nitrogen and oxygen atoms in total. The van der Waals surface area contributed by atoms with E-state index in [1.165, 1.54) is 4.90 Å². The van der Waals surface area contributed by atoms with Crippen molar-refractivity contribution in [2.24, 2.45) is 4.99 Å². The Hall–Kier alpha value is -1.44. The number of benzene rings is 1. The highest BCUT2D eigenvalue weighted by molar-refractivity contribution is 7.99. The lowest BCUT2D eigenvalue weighted by Gasteiger charge is -2.26. The largest absolute Gasteiger partial charge is 0.356 e. The van der Waals surface area contributed by atoms with Crippen LogP contribution >= 0.6 is 23.4 Å². The van der Waals surface area contributed by atoms with Crippen LogP contribution in [0, 0.1) is 0 Å². The minimum absolute atomic E-state index is 0.0531. The fourth-order valence-corrected chi connectivity index (χ4v) is 4.14. The Bertz CT molecular complexity index is 638. The number of hydrogen-bond donors (Lipinski definition) is 2. The zero-order chi connectivity index (χ0) is 20.4. The number of nitrogens with zero attached hydrogens (tertiary/aromatic N) is 3. The van der Waals surface area contributed by atoms with Crippen molar-refractivity contribution in [3.05, 3.63) is 29.3 Å². The van der Waals surface area contributed by atoms with Gasteiger partial charge in [-0.3, -0.25) is 14.7 Å². The van der Waals surface area contributed by atoms with Crippen molar-refractivity contribution in [1.29, 1.82) is 0 Å². The molecule has 1 heterocycles. The number of likely N-dealkylation sites (tertiary alicyclic amines) is 1. The van der Waals surface area contributed by atoms with Gasteiger partial charge in [0.25, 0.3) is 0 Å². The highest BCUT2D eigenvalue weighted by atomic mass is 35.5. The maximum absolute atomic E-state index is 12.2. The molecule has 1 saturated heterocycles. The van der Waals surface area contributed by atoms with Crippen LogP contribution in [0.3, 0.4) is 0 Å². The van der Waals surface area contributed by atoms with Crippen molar-refractivity contribution in [2.75, 3.05) is 53.1 Å². The van der Waals surface area contributed by atoms with Crippen molar-refractivity contribution < 1.29 is 4.79 Å². The molecule has 1 aromatic carbocycles. The number of hydrogen-bond acceptors (Lipinski definition) is 4. The summed E-state index contributed by atoms with van der Waals surface area (Å²) in [5.41, 5.74) is 0. The lowest BCUT2D eigenvalue weighted by atomic mass is 10.2. The SMILES string of the molecule is CN=C(NCCCN1CCCC1C(=O)N(C)C)NCCSc1ccc(Cl)cc1. The second-order valence-corrected chi connectivity index (χ2v) is 8.61. The molecule has 156 valence electrons. The van der Waals surface area contributed by atoms with E-state index in [1.54, 1.807) is 23.7 Å². The monoisotopic (exact) mass is 425 g/mol. The molecular formula is C20H32ClN5OS. The van der Waals surface area contributed by atoms with Crippen LogP contribution < -0.4 is 10.6 Å². The van der Waals surface area contributed by atoms with Crippen LogP contribution in [0.2, 0.25) is 5.02 Å². The van der Waals surface area contributed by atoms with E-state index in [1.807, 2.05) is 38.4 Å². The van der Waals surface area contributed by atoms with E-state index in [4.69, 9.17) is 11.6 Å². The van der Waals surface area contributed by atoms with E-state index < -0.39 is 0 Å². The molecule has 0 radical (unpaired) electrons. The van der Waals surface area contributed by atoms with Gasteiger partial charge < -0.3 is 15.5 Å². The third-order valence-electron chi connectivity index (χ3n) is 4.70. The Morgan fingerprint density at radius 3 is 2.68 bits per heavy atom. The molecule has 1 amide bonds. The smallest absolute Gasteiger partial charge is 0.239 e. The molecule has 1 aromatic rings. The first-order chi connectivity index (χ1) is 13.5.